The summed E-state index contributed by atoms with van der Waals surface area (Å²) in [5, 5.41) is 1.03. The second kappa shape index (κ2) is 8.85. The molecule has 0 unspecified atom stereocenters. The van der Waals surface area contributed by atoms with Gasteiger partial charge in [0.05, 0.1) is 29.5 Å². The third-order valence-corrected chi connectivity index (χ3v) is 8.41. The summed E-state index contributed by atoms with van der Waals surface area (Å²) in [6.07, 6.45) is 4.51. The molecule has 2 fully saturated rings. The maximum Gasteiger partial charge on any atom is 0.162 e. The Bertz CT molecular complexity index is 1510. The second-order valence-electron chi connectivity index (χ2n) is 9.59. The summed E-state index contributed by atoms with van der Waals surface area (Å²) >= 11 is 1.63. The van der Waals surface area contributed by atoms with Gasteiger partial charge in [-0.2, -0.15) is 0 Å². The van der Waals surface area contributed by atoms with Crippen LogP contribution in [-0.2, 0) is 22.4 Å². The number of pyridine rings is 1. The van der Waals surface area contributed by atoms with Crippen LogP contribution in [0.4, 0.5) is 10.2 Å². The summed E-state index contributed by atoms with van der Waals surface area (Å²) < 4.78 is 26.9. The van der Waals surface area contributed by atoms with Gasteiger partial charge >= 0.3 is 0 Å². The molecule has 5 heterocycles. The minimum atomic E-state index is -0.194. The average Bonchev–Trinajstić information content (AvgIpc) is 3.46. The van der Waals surface area contributed by atoms with Crippen LogP contribution in [0.15, 0.2) is 36.5 Å². The Hall–Kier alpha value is -2.98. The van der Waals surface area contributed by atoms with Crippen LogP contribution in [0.5, 0.6) is 0 Å². The number of halogens is 1. The molecule has 9 heteroatoms. The molecule has 0 saturated carbocycles. The first kappa shape index (κ1) is 22.2. The van der Waals surface area contributed by atoms with Crippen LogP contribution in [0.3, 0.4) is 0 Å². The molecule has 3 aliphatic rings. The van der Waals surface area contributed by atoms with E-state index in [2.05, 4.69) is 15.9 Å². The number of thiophene rings is 1. The SMILES string of the molecule is COC1CN(Cc2cnc3sc4c(N5CCOCC5)nc(-c5cccc6c5C(F)=CC6)nc4c3c2)C1. The number of rotatable bonds is 5. The van der Waals surface area contributed by atoms with Crippen LogP contribution < -0.4 is 4.90 Å². The predicted octanol–water partition coefficient (Wildman–Crippen LogP) is 4.44. The third-order valence-electron chi connectivity index (χ3n) is 7.31. The predicted molar refractivity (Wildman–Crippen MR) is 140 cm³/mol. The first-order valence-corrected chi connectivity index (χ1v) is 13.1. The minimum absolute atomic E-state index is 0.194. The van der Waals surface area contributed by atoms with E-state index in [-0.39, 0.29) is 5.83 Å². The van der Waals surface area contributed by atoms with E-state index in [9.17, 15) is 4.39 Å². The Morgan fingerprint density at radius 1 is 1.19 bits per heavy atom. The summed E-state index contributed by atoms with van der Waals surface area (Å²) in [5.41, 5.74) is 4.37. The quantitative estimate of drug-likeness (QED) is 0.399. The molecule has 1 aliphatic carbocycles. The highest BCUT2D eigenvalue weighted by Crippen LogP contribution is 2.41. The second-order valence-corrected chi connectivity index (χ2v) is 10.6. The lowest BCUT2D eigenvalue weighted by atomic mass is 10.0. The topological polar surface area (TPSA) is 63.6 Å². The first-order valence-electron chi connectivity index (χ1n) is 12.3. The van der Waals surface area contributed by atoms with Crippen LogP contribution in [0.25, 0.3) is 37.6 Å². The molecule has 0 atom stereocenters. The maximum absolute atomic E-state index is 14.8. The van der Waals surface area contributed by atoms with E-state index >= 15 is 0 Å². The van der Waals surface area contributed by atoms with Crippen molar-refractivity contribution < 1.29 is 13.9 Å². The molecule has 0 spiro atoms. The van der Waals surface area contributed by atoms with Crippen molar-refractivity contribution in [2.75, 3.05) is 51.4 Å². The number of hydrogen-bond donors (Lipinski definition) is 0. The number of ether oxygens (including phenoxy) is 2. The lowest BCUT2D eigenvalue weighted by molar-refractivity contribution is -0.0334. The smallest absolute Gasteiger partial charge is 0.162 e. The normalized spacial score (nSPS) is 18.6. The van der Waals surface area contributed by atoms with Gasteiger partial charge in [0.25, 0.3) is 0 Å². The molecule has 7 nitrogen and oxygen atoms in total. The van der Waals surface area contributed by atoms with Crippen molar-refractivity contribution in [2.45, 2.75) is 19.1 Å². The molecular formula is C27H26FN5O2S. The molecule has 36 heavy (non-hydrogen) atoms. The van der Waals surface area contributed by atoms with E-state index in [1.54, 1.807) is 24.5 Å². The van der Waals surface area contributed by atoms with E-state index < -0.39 is 0 Å². The van der Waals surface area contributed by atoms with Gasteiger partial charge in [-0.05, 0) is 29.7 Å². The van der Waals surface area contributed by atoms with Crippen molar-refractivity contribution in [3.05, 3.63) is 53.2 Å². The molecule has 0 amide bonds. The Morgan fingerprint density at radius 3 is 2.89 bits per heavy atom. The number of fused-ring (bicyclic) bond motifs is 4. The van der Waals surface area contributed by atoms with Gasteiger partial charge in [-0.3, -0.25) is 4.90 Å². The monoisotopic (exact) mass is 503 g/mol. The van der Waals surface area contributed by atoms with Crippen molar-refractivity contribution in [2.24, 2.45) is 0 Å². The molecule has 2 saturated heterocycles. The summed E-state index contributed by atoms with van der Waals surface area (Å²) in [5.74, 6) is 1.25. The Labute approximate surface area is 212 Å². The summed E-state index contributed by atoms with van der Waals surface area (Å²) in [6.45, 7) is 5.53. The zero-order valence-corrected chi connectivity index (χ0v) is 20.9. The van der Waals surface area contributed by atoms with E-state index in [0.29, 0.717) is 37.1 Å². The average molecular weight is 504 g/mol. The van der Waals surface area contributed by atoms with Crippen molar-refractivity contribution in [1.82, 2.24) is 19.9 Å². The molecule has 3 aromatic heterocycles. The van der Waals surface area contributed by atoms with Crippen molar-refractivity contribution in [3.8, 4) is 11.4 Å². The van der Waals surface area contributed by atoms with Crippen LogP contribution in [0.2, 0.25) is 0 Å². The molecule has 1 aromatic carbocycles. The van der Waals surface area contributed by atoms with Crippen LogP contribution in [-0.4, -0.2) is 72.5 Å². The van der Waals surface area contributed by atoms with Gasteiger partial charge in [-0.1, -0.05) is 18.2 Å². The Kier molecular flexibility index (Phi) is 5.46. The van der Waals surface area contributed by atoms with Crippen molar-refractivity contribution >= 4 is 43.4 Å². The fraction of sp³-hybridized carbons (Fsp3) is 0.370. The van der Waals surface area contributed by atoms with Gasteiger partial charge in [-0.15, -0.1) is 11.3 Å². The van der Waals surface area contributed by atoms with Gasteiger partial charge in [0.2, 0.25) is 0 Å². The molecule has 0 N–H and O–H groups in total. The van der Waals surface area contributed by atoms with Gasteiger partial charge in [0, 0.05) is 62.5 Å². The highest BCUT2D eigenvalue weighted by molar-refractivity contribution is 7.25. The van der Waals surface area contributed by atoms with Crippen LogP contribution in [0.1, 0.15) is 16.7 Å². The Morgan fingerprint density at radius 2 is 2.06 bits per heavy atom. The fourth-order valence-corrected chi connectivity index (χ4v) is 6.44. The van der Waals surface area contributed by atoms with Crippen LogP contribution >= 0.6 is 11.3 Å². The number of benzene rings is 1. The van der Waals surface area contributed by atoms with Gasteiger partial charge in [0.15, 0.2) is 11.6 Å². The molecule has 4 aromatic rings. The zero-order valence-electron chi connectivity index (χ0n) is 20.0. The van der Waals surface area contributed by atoms with E-state index in [1.807, 2.05) is 24.4 Å². The number of likely N-dealkylation sites (tertiary alicyclic amines) is 1. The van der Waals surface area contributed by atoms with E-state index in [1.165, 1.54) is 0 Å². The Balaban J connectivity index is 1.38. The van der Waals surface area contributed by atoms with Crippen LogP contribution in [0, 0.1) is 0 Å². The molecular weight excluding hydrogens is 477 g/mol. The zero-order chi connectivity index (χ0) is 24.2. The molecule has 184 valence electrons. The van der Waals surface area contributed by atoms with Gasteiger partial charge in [0.1, 0.15) is 10.7 Å². The number of hydrogen-bond acceptors (Lipinski definition) is 8. The highest BCUT2D eigenvalue weighted by atomic mass is 32.1. The molecule has 0 bridgehead atoms. The molecule has 0 radical (unpaired) electrons. The van der Waals surface area contributed by atoms with Crippen molar-refractivity contribution in [3.63, 3.8) is 0 Å². The number of methoxy groups -OCH3 is 1. The number of anilines is 1. The maximum atomic E-state index is 14.8. The minimum Gasteiger partial charge on any atom is -0.379 e. The third kappa shape index (κ3) is 3.69. The summed E-state index contributed by atoms with van der Waals surface area (Å²) in [7, 11) is 1.76. The molecule has 7 rings (SSSR count). The van der Waals surface area contributed by atoms with Crippen molar-refractivity contribution in [1.29, 1.82) is 0 Å². The number of morpholine rings is 1. The number of nitrogens with zero attached hydrogens (tertiary/aromatic N) is 5. The first-order chi connectivity index (χ1) is 17.7. The highest BCUT2D eigenvalue weighted by Gasteiger charge is 2.27. The largest absolute Gasteiger partial charge is 0.379 e. The van der Waals surface area contributed by atoms with Gasteiger partial charge < -0.3 is 14.4 Å². The number of aromatic nitrogens is 3. The molecule has 2 aliphatic heterocycles. The lowest BCUT2D eigenvalue weighted by Gasteiger charge is -2.38. The fourth-order valence-electron chi connectivity index (χ4n) is 5.35. The van der Waals surface area contributed by atoms with Gasteiger partial charge in [-0.25, -0.2) is 19.3 Å². The standard InChI is InChI=1S/C27H26FN5O2S/c1-34-18-14-32(15-18)13-16-11-20-23-24(36-27(20)29-12-16)26(33-7-9-35-10-8-33)31-25(30-23)19-4-2-3-17-5-6-21(28)22(17)19/h2-4,6,11-12,18H,5,7-10,13-15H2,1H3. The van der Waals surface area contributed by atoms with E-state index in [0.717, 1.165) is 75.7 Å². The summed E-state index contributed by atoms with van der Waals surface area (Å²) in [4.78, 5) is 20.5. The summed E-state index contributed by atoms with van der Waals surface area (Å²) in [6, 6.07) is 8.07. The van der Waals surface area contributed by atoms with E-state index in [4.69, 9.17) is 24.4 Å². The lowest BCUT2D eigenvalue weighted by Crippen LogP contribution is -2.50. The number of allylic oxidation sites excluding steroid dienone is 1.